The minimum absolute atomic E-state index is 0.0196. The van der Waals surface area contributed by atoms with Crippen LogP contribution in [0.4, 0.5) is 15.8 Å². The fourth-order valence-corrected chi connectivity index (χ4v) is 4.56. The van der Waals surface area contributed by atoms with Gasteiger partial charge in [-0.05, 0) is 67.6 Å². The van der Waals surface area contributed by atoms with Gasteiger partial charge in [-0.25, -0.2) is 22.4 Å². The number of nitrogens with one attached hydrogen (secondary N) is 1. The van der Waals surface area contributed by atoms with Crippen molar-refractivity contribution in [1.29, 1.82) is 0 Å². The van der Waals surface area contributed by atoms with Crippen LogP contribution in [0.5, 0.6) is 5.75 Å². The molecule has 0 fully saturated rings. The quantitative estimate of drug-likeness (QED) is 0.370. The first-order valence-corrected chi connectivity index (χ1v) is 13.4. The Balaban J connectivity index is 1.99. The molecule has 0 aliphatic heterocycles. The number of rotatable bonds is 10. The topological polar surface area (TPSA) is 128 Å². The lowest BCUT2D eigenvalue weighted by molar-refractivity contribution is 0.0598. The van der Waals surface area contributed by atoms with Gasteiger partial charge in [0, 0.05) is 16.8 Å². The molecular weight excluding hydrogens is 531 g/mol. The van der Waals surface area contributed by atoms with Gasteiger partial charge in [-0.2, -0.15) is 0 Å². The summed E-state index contributed by atoms with van der Waals surface area (Å²) in [5.74, 6) is -2.22. The van der Waals surface area contributed by atoms with Crippen molar-refractivity contribution >= 4 is 39.2 Å². The second-order valence-electron chi connectivity index (χ2n) is 8.24. The van der Waals surface area contributed by atoms with Crippen LogP contribution >= 0.6 is 0 Å². The summed E-state index contributed by atoms with van der Waals surface area (Å²) in [5, 5.41) is 2.63. The summed E-state index contributed by atoms with van der Waals surface area (Å²) >= 11 is 0. The summed E-state index contributed by atoms with van der Waals surface area (Å²) in [7, 11) is -1.45. The number of esters is 2. The van der Waals surface area contributed by atoms with E-state index in [0.717, 1.165) is 22.7 Å². The van der Waals surface area contributed by atoms with Crippen LogP contribution in [-0.4, -0.2) is 53.3 Å². The van der Waals surface area contributed by atoms with Crippen LogP contribution in [0.2, 0.25) is 0 Å². The number of nitrogens with zero attached hydrogens (tertiary/aromatic N) is 1. The highest BCUT2D eigenvalue weighted by Gasteiger charge is 2.22. The molecule has 0 bridgehead atoms. The van der Waals surface area contributed by atoms with E-state index in [1.54, 1.807) is 6.92 Å². The maximum atomic E-state index is 13.5. The van der Waals surface area contributed by atoms with Crippen molar-refractivity contribution in [3.05, 3.63) is 88.7 Å². The lowest BCUT2D eigenvalue weighted by atomic mass is 10.1. The zero-order valence-corrected chi connectivity index (χ0v) is 22.5. The van der Waals surface area contributed by atoms with Gasteiger partial charge in [0.1, 0.15) is 11.6 Å². The molecule has 3 aromatic rings. The maximum absolute atomic E-state index is 13.5. The standard InChI is InChI=1S/C27H27FN2O8S/c1-5-38-24-11-6-17(12-20(24)16-30(39(4,34)35)23-9-7-21(28)8-10-23)25(31)29-22-14-18(26(32)36-2)13-19(15-22)27(33)37-3/h6-15H,5,16H2,1-4H3,(H,29,31). The average molecular weight is 559 g/mol. The van der Waals surface area contributed by atoms with Gasteiger partial charge in [-0.3, -0.25) is 9.10 Å². The molecule has 206 valence electrons. The lowest BCUT2D eigenvalue weighted by Gasteiger charge is -2.24. The molecule has 3 aromatic carbocycles. The number of anilines is 2. The van der Waals surface area contributed by atoms with E-state index < -0.39 is 33.7 Å². The van der Waals surface area contributed by atoms with E-state index in [-0.39, 0.29) is 41.2 Å². The van der Waals surface area contributed by atoms with E-state index in [1.807, 2.05) is 0 Å². The van der Waals surface area contributed by atoms with Crippen molar-refractivity contribution in [2.24, 2.45) is 0 Å². The van der Waals surface area contributed by atoms with Crippen molar-refractivity contribution in [1.82, 2.24) is 0 Å². The van der Waals surface area contributed by atoms with E-state index in [1.165, 1.54) is 62.8 Å². The van der Waals surface area contributed by atoms with Gasteiger partial charge < -0.3 is 19.5 Å². The van der Waals surface area contributed by atoms with Crippen LogP contribution in [0.15, 0.2) is 60.7 Å². The van der Waals surface area contributed by atoms with Crippen LogP contribution in [0.3, 0.4) is 0 Å². The number of carbonyl (C=O) groups is 3. The SMILES string of the molecule is CCOc1ccc(C(=O)Nc2cc(C(=O)OC)cc(C(=O)OC)c2)cc1CN(c1ccc(F)cc1)S(C)(=O)=O. The summed E-state index contributed by atoms with van der Waals surface area (Å²) in [5.41, 5.74) is 0.910. The molecule has 0 aliphatic rings. The van der Waals surface area contributed by atoms with Crippen LogP contribution in [-0.2, 0) is 26.0 Å². The van der Waals surface area contributed by atoms with Gasteiger partial charge in [0.05, 0.1) is 50.4 Å². The summed E-state index contributed by atoms with van der Waals surface area (Å²) in [6, 6.07) is 13.4. The van der Waals surface area contributed by atoms with Crippen molar-refractivity contribution in [3.63, 3.8) is 0 Å². The zero-order chi connectivity index (χ0) is 28.7. The number of halogens is 1. The molecule has 12 heteroatoms. The molecule has 0 atom stereocenters. The minimum atomic E-state index is -3.81. The van der Waals surface area contributed by atoms with Gasteiger partial charge >= 0.3 is 11.9 Å². The third kappa shape index (κ3) is 7.32. The largest absolute Gasteiger partial charge is 0.494 e. The summed E-state index contributed by atoms with van der Waals surface area (Å²) in [6.07, 6.45) is 1.01. The Labute approximate surface area is 225 Å². The van der Waals surface area contributed by atoms with Crippen molar-refractivity contribution in [2.45, 2.75) is 13.5 Å². The predicted octanol–water partition coefficient (Wildman–Crippen LogP) is 4.02. The molecule has 1 amide bonds. The Hall–Kier alpha value is -4.45. The molecule has 10 nitrogen and oxygen atoms in total. The van der Waals surface area contributed by atoms with Crippen molar-refractivity contribution < 1.29 is 41.4 Å². The van der Waals surface area contributed by atoms with E-state index >= 15 is 0 Å². The highest BCUT2D eigenvalue weighted by atomic mass is 32.2. The van der Waals surface area contributed by atoms with E-state index in [9.17, 15) is 27.2 Å². The monoisotopic (exact) mass is 558 g/mol. The van der Waals surface area contributed by atoms with Crippen LogP contribution < -0.4 is 14.4 Å². The molecule has 3 rings (SSSR count). The Morgan fingerprint density at radius 1 is 0.872 bits per heavy atom. The Morgan fingerprint density at radius 3 is 1.97 bits per heavy atom. The Morgan fingerprint density at radius 2 is 1.46 bits per heavy atom. The molecule has 39 heavy (non-hydrogen) atoms. The number of sulfonamides is 1. The molecule has 1 N–H and O–H groups in total. The number of amides is 1. The third-order valence-corrected chi connectivity index (χ3v) is 6.63. The first-order valence-electron chi connectivity index (χ1n) is 11.6. The first-order chi connectivity index (χ1) is 18.5. The number of carbonyl (C=O) groups excluding carboxylic acids is 3. The predicted molar refractivity (Wildman–Crippen MR) is 142 cm³/mol. The lowest BCUT2D eigenvalue weighted by Crippen LogP contribution is -2.29. The average Bonchev–Trinajstić information content (AvgIpc) is 2.91. The third-order valence-electron chi connectivity index (χ3n) is 5.48. The van der Waals surface area contributed by atoms with E-state index in [2.05, 4.69) is 5.32 Å². The second-order valence-corrected chi connectivity index (χ2v) is 10.1. The maximum Gasteiger partial charge on any atom is 0.337 e. The van der Waals surface area contributed by atoms with Gasteiger partial charge in [0.25, 0.3) is 5.91 Å². The molecule has 0 saturated carbocycles. The summed E-state index contributed by atoms with van der Waals surface area (Å²) in [4.78, 5) is 37.3. The normalized spacial score (nSPS) is 10.9. The fourth-order valence-electron chi connectivity index (χ4n) is 3.68. The molecule has 0 spiro atoms. The number of hydrogen-bond acceptors (Lipinski definition) is 8. The number of hydrogen-bond donors (Lipinski definition) is 1. The van der Waals surface area contributed by atoms with Gasteiger partial charge in [0.2, 0.25) is 10.0 Å². The fraction of sp³-hybridized carbons (Fsp3) is 0.222. The summed E-state index contributed by atoms with van der Waals surface area (Å²) < 4.78 is 54.8. The molecule has 0 aromatic heterocycles. The minimum Gasteiger partial charge on any atom is -0.494 e. The number of methoxy groups -OCH3 is 2. The van der Waals surface area contributed by atoms with Crippen molar-refractivity contribution in [2.75, 3.05) is 36.7 Å². The van der Waals surface area contributed by atoms with Crippen molar-refractivity contribution in [3.8, 4) is 5.75 Å². The molecule has 0 unspecified atom stereocenters. The number of benzene rings is 3. The highest BCUT2D eigenvalue weighted by molar-refractivity contribution is 7.92. The first kappa shape index (κ1) is 29.1. The molecule has 0 heterocycles. The molecular formula is C27H27FN2O8S. The van der Waals surface area contributed by atoms with E-state index in [4.69, 9.17) is 14.2 Å². The van der Waals surface area contributed by atoms with Crippen LogP contribution in [0.25, 0.3) is 0 Å². The van der Waals surface area contributed by atoms with Crippen LogP contribution in [0.1, 0.15) is 43.6 Å². The molecule has 0 aliphatic carbocycles. The molecule has 0 saturated heterocycles. The van der Waals surface area contributed by atoms with Gasteiger partial charge in [-0.15, -0.1) is 0 Å². The molecule has 0 radical (unpaired) electrons. The van der Waals surface area contributed by atoms with Gasteiger partial charge in [0.15, 0.2) is 0 Å². The highest BCUT2D eigenvalue weighted by Crippen LogP contribution is 2.28. The van der Waals surface area contributed by atoms with E-state index in [0.29, 0.717) is 11.3 Å². The van der Waals surface area contributed by atoms with Crippen LogP contribution in [0, 0.1) is 5.82 Å². The van der Waals surface area contributed by atoms with Gasteiger partial charge in [-0.1, -0.05) is 0 Å². The Bertz CT molecular complexity index is 1460. The Kier molecular flexibility index (Phi) is 9.25. The smallest absolute Gasteiger partial charge is 0.337 e. The second kappa shape index (κ2) is 12.4. The zero-order valence-electron chi connectivity index (χ0n) is 21.7. The number of ether oxygens (including phenoxy) is 3. The summed E-state index contributed by atoms with van der Waals surface area (Å²) in [6.45, 7) is 1.84.